The molecule has 104 valence electrons. The molecule has 1 N–H and O–H groups in total. The molecule has 1 aromatic rings. The molecule has 0 amide bonds. The van der Waals surface area contributed by atoms with Gasteiger partial charge in [-0.15, -0.1) is 0 Å². The third-order valence-electron chi connectivity index (χ3n) is 4.06. The van der Waals surface area contributed by atoms with Crippen LogP contribution in [0.25, 0.3) is 0 Å². The minimum Gasteiger partial charge on any atom is -0.493 e. The van der Waals surface area contributed by atoms with Crippen molar-refractivity contribution in [1.82, 2.24) is 5.32 Å². The lowest BCUT2D eigenvalue weighted by atomic mass is 9.97. The van der Waals surface area contributed by atoms with Crippen molar-refractivity contribution in [2.75, 3.05) is 13.2 Å². The molecule has 1 aliphatic carbocycles. The fourth-order valence-electron chi connectivity index (χ4n) is 2.88. The van der Waals surface area contributed by atoms with E-state index in [1.165, 1.54) is 30.4 Å². The van der Waals surface area contributed by atoms with Gasteiger partial charge in [0, 0.05) is 23.0 Å². The topological polar surface area (TPSA) is 21.3 Å². The number of rotatable bonds is 6. The van der Waals surface area contributed by atoms with Crippen molar-refractivity contribution in [3.8, 4) is 5.75 Å². The van der Waals surface area contributed by atoms with Crippen molar-refractivity contribution in [1.29, 1.82) is 0 Å². The predicted molar refractivity (Wildman–Crippen MR) is 79.0 cm³/mol. The summed E-state index contributed by atoms with van der Waals surface area (Å²) in [6, 6.07) is 4.56. The number of fused-ring (bicyclic) bond motifs is 1. The number of nitrogens with one attached hydrogen (secondary N) is 1. The van der Waals surface area contributed by atoms with E-state index in [-0.39, 0.29) is 0 Å². The first-order valence-electron chi connectivity index (χ1n) is 7.46. The quantitative estimate of drug-likeness (QED) is 0.846. The third-order valence-corrected chi connectivity index (χ3v) is 4.28. The van der Waals surface area contributed by atoms with Crippen LogP contribution in [0.1, 0.15) is 49.8 Å². The second kappa shape index (κ2) is 5.72. The molecule has 1 fully saturated rings. The first-order chi connectivity index (χ1) is 9.28. The largest absolute Gasteiger partial charge is 0.493 e. The summed E-state index contributed by atoms with van der Waals surface area (Å²) in [5.41, 5.74) is 2.56. The van der Waals surface area contributed by atoms with Gasteiger partial charge in [-0.05, 0) is 43.0 Å². The minimum atomic E-state index is 0.401. The Morgan fingerprint density at radius 2 is 2.26 bits per heavy atom. The van der Waals surface area contributed by atoms with Crippen LogP contribution in [0.5, 0.6) is 5.75 Å². The van der Waals surface area contributed by atoms with Crippen molar-refractivity contribution < 1.29 is 4.74 Å². The van der Waals surface area contributed by atoms with E-state index in [9.17, 15) is 0 Å². The van der Waals surface area contributed by atoms with E-state index in [4.69, 9.17) is 16.3 Å². The van der Waals surface area contributed by atoms with Crippen LogP contribution in [-0.2, 0) is 6.42 Å². The minimum absolute atomic E-state index is 0.401. The highest BCUT2D eigenvalue weighted by molar-refractivity contribution is 6.30. The smallest absolute Gasteiger partial charge is 0.127 e. The Bertz CT molecular complexity index is 456. The molecule has 2 nitrogen and oxygen atoms in total. The highest BCUT2D eigenvalue weighted by Gasteiger charge is 2.29. The SMILES string of the molecule is CCCNC(CC1CC1)c1cc(Cl)cc2c1OCC2. The first-order valence-corrected chi connectivity index (χ1v) is 7.84. The number of benzene rings is 1. The fourth-order valence-corrected chi connectivity index (χ4v) is 3.13. The maximum Gasteiger partial charge on any atom is 0.127 e. The Morgan fingerprint density at radius 1 is 1.42 bits per heavy atom. The molecule has 0 spiro atoms. The van der Waals surface area contributed by atoms with Crippen molar-refractivity contribution in [2.45, 2.75) is 45.1 Å². The van der Waals surface area contributed by atoms with Gasteiger partial charge in [-0.1, -0.05) is 31.4 Å². The highest BCUT2D eigenvalue weighted by Crippen LogP contribution is 2.42. The summed E-state index contributed by atoms with van der Waals surface area (Å²) in [5, 5.41) is 4.52. The normalized spacial score (nSPS) is 19.1. The predicted octanol–water partition coefficient (Wildman–Crippen LogP) is 4.12. The molecule has 0 bridgehead atoms. The fraction of sp³-hybridized carbons (Fsp3) is 0.625. The van der Waals surface area contributed by atoms with Crippen LogP contribution >= 0.6 is 11.6 Å². The number of ether oxygens (including phenoxy) is 1. The molecule has 1 saturated carbocycles. The maximum atomic E-state index is 6.28. The average molecular weight is 280 g/mol. The molecule has 1 aromatic carbocycles. The lowest BCUT2D eigenvalue weighted by molar-refractivity contribution is 0.345. The van der Waals surface area contributed by atoms with Crippen LogP contribution in [0.2, 0.25) is 5.02 Å². The van der Waals surface area contributed by atoms with Gasteiger partial charge in [0.1, 0.15) is 5.75 Å². The number of hydrogen-bond donors (Lipinski definition) is 1. The summed E-state index contributed by atoms with van der Waals surface area (Å²) in [6.07, 6.45) is 6.13. The number of halogens is 1. The number of hydrogen-bond acceptors (Lipinski definition) is 2. The molecule has 1 unspecified atom stereocenters. The van der Waals surface area contributed by atoms with Gasteiger partial charge in [0.2, 0.25) is 0 Å². The van der Waals surface area contributed by atoms with E-state index in [0.717, 1.165) is 42.7 Å². The van der Waals surface area contributed by atoms with Gasteiger partial charge in [0.25, 0.3) is 0 Å². The summed E-state index contributed by atoms with van der Waals surface area (Å²) in [7, 11) is 0. The molecule has 19 heavy (non-hydrogen) atoms. The van der Waals surface area contributed by atoms with E-state index >= 15 is 0 Å². The molecule has 0 radical (unpaired) electrons. The van der Waals surface area contributed by atoms with E-state index in [1.807, 2.05) is 0 Å². The maximum absolute atomic E-state index is 6.28. The summed E-state index contributed by atoms with van der Waals surface area (Å²) in [6.45, 7) is 4.06. The lowest BCUT2D eigenvalue weighted by Crippen LogP contribution is -2.23. The Kier molecular flexibility index (Phi) is 3.99. The molecule has 3 rings (SSSR count). The zero-order chi connectivity index (χ0) is 13.2. The van der Waals surface area contributed by atoms with Crippen LogP contribution in [0.4, 0.5) is 0 Å². The molecule has 0 saturated heterocycles. The van der Waals surface area contributed by atoms with Gasteiger partial charge in [-0.25, -0.2) is 0 Å². The summed E-state index contributed by atoms with van der Waals surface area (Å²) >= 11 is 6.28. The van der Waals surface area contributed by atoms with Gasteiger partial charge >= 0.3 is 0 Å². The summed E-state index contributed by atoms with van der Waals surface area (Å²) < 4.78 is 5.85. The Hall–Kier alpha value is -0.730. The molecular weight excluding hydrogens is 258 g/mol. The highest BCUT2D eigenvalue weighted by atomic mass is 35.5. The molecule has 0 aromatic heterocycles. The van der Waals surface area contributed by atoms with E-state index in [0.29, 0.717) is 6.04 Å². The Labute approximate surface area is 120 Å². The van der Waals surface area contributed by atoms with Gasteiger partial charge in [0.15, 0.2) is 0 Å². The van der Waals surface area contributed by atoms with Crippen LogP contribution in [0, 0.1) is 5.92 Å². The van der Waals surface area contributed by atoms with Crippen molar-refractivity contribution in [3.63, 3.8) is 0 Å². The molecule has 2 aliphatic rings. The van der Waals surface area contributed by atoms with Crippen LogP contribution in [0.3, 0.4) is 0 Å². The second-order valence-corrected chi connectivity index (χ2v) is 6.20. The monoisotopic (exact) mass is 279 g/mol. The van der Waals surface area contributed by atoms with Crippen molar-refractivity contribution in [2.24, 2.45) is 5.92 Å². The first kappa shape index (κ1) is 13.3. The summed E-state index contributed by atoms with van der Waals surface area (Å²) in [4.78, 5) is 0. The molecular formula is C16H22ClNO. The van der Waals surface area contributed by atoms with Crippen LogP contribution < -0.4 is 10.1 Å². The van der Waals surface area contributed by atoms with E-state index in [1.54, 1.807) is 0 Å². The molecule has 1 atom stereocenters. The second-order valence-electron chi connectivity index (χ2n) is 5.77. The van der Waals surface area contributed by atoms with Crippen LogP contribution in [-0.4, -0.2) is 13.2 Å². The average Bonchev–Trinajstić information content (AvgIpc) is 3.09. The van der Waals surface area contributed by atoms with Gasteiger partial charge in [-0.2, -0.15) is 0 Å². The van der Waals surface area contributed by atoms with E-state index < -0.39 is 0 Å². The summed E-state index contributed by atoms with van der Waals surface area (Å²) in [5.74, 6) is 1.99. The van der Waals surface area contributed by atoms with Crippen molar-refractivity contribution >= 4 is 11.6 Å². The zero-order valence-electron chi connectivity index (χ0n) is 11.5. The standard InChI is InChI=1S/C16H22ClNO/c1-2-6-18-15(8-11-3-4-11)14-10-13(17)9-12-5-7-19-16(12)14/h9-11,15,18H,2-8H2,1H3. The van der Waals surface area contributed by atoms with Gasteiger partial charge < -0.3 is 10.1 Å². The third kappa shape index (κ3) is 3.06. The van der Waals surface area contributed by atoms with Crippen LogP contribution in [0.15, 0.2) is 12.1 Å². The van der Waals surface area contributed by atoms with Crippen molar-refractivity contribution in [3.05, 3.63) is 28.3 Å². The zero-order valence-corrected chi connectivity index (χ0v) is 12.3. The van der Waals surface area contributed by atoms with E-state index in [2.05, 4.69) is 24.4 Å². The molecule has 1 heterocycles. The van der Waals surface area contributed by atoms with Gasteiger partial charge in [-0.3, -0.25) is 0 Å². The molecule has 1 aliphatic heterocycles. The molecule has 3 heteroatoms. The Morgan fingerprint density at radius 3 is 3.00 bits per heavy atom. The van der Waals surface area contributed by atoms with Gasteiger partial charge in [0.05, 0.1) is 6.61 Å². The lowest BCUT2D eigenvalue weighted by Gasteiger charge is -2.21. The Balaban J connectivity index is 1.87.